The molecule has 1 heterocycles. The van der Waals surface area contributed by atoms with Gasteiger partial charge in [-0.1, -0.05) is 19.1 Å². The number of aromatic amines is 1. The molecule has 1 atom stereocenters. The maximum Gasteiger partial charge on any atom is 0.227 e. The second-order valence-corrected chi connectivity index (χ2v) is 5.64. The molecule has 0 aliphatic carbocycles. The molecule has 1 unspecified atom stereocenters. The van der Waals surface area contributed by atoms with Crippen molar-refractivity contribution in [3.05, 3.63) is 35.8 Å². The van der Waals surface area contributed by atoms with Gasteiger partial charge in [-0.25, -0.2) is 4.39 Å². The predicted octanol–water partition coefficient (Wildman–Crippen LogP) is 2.63. The van der Waals surface area contributed by atoms with Crippen LogP contribution in [0.5, 0.6) is 0 Å². The first kappa shape index (κ1) is 17.7. The molecule has 0 aliphatic heterocycles. The first-order valence-electron chi connectivity index (χ1n) is 7.80. The Bertz CT molecular complexity index is 725. The van der Waals surface area contributed by atoms with Crippen molar-refractivity contribution in [2.75, 3.05) is 5.32 Å². The van der Waals surface area contributed by atoms with Crippen LogP contribution in [0.4, 0.5) is 10.2 Å². The number of benzene rings is 1. The third kappa shape index (κ3) is 4.41. The van der Waals surface area contributed by atoms with Crippen LogP contribution in [0, 0.1) is 5.82 Å². The predicted molar refractivity (Wildman–Crippen MR) is 89.9 cm³/mol. The molecule has 3 N–H and O–H groups in total. The molecule has 7 heteroatoms. The van der Waals surface area contributed by atoms with Gasteiger partial charge in [-0.3, -0.25) is 14.7 Å². The molecule has 0 bridgehead atoms. The maximum atomic E-state index is 13.1. The van der Waals surface area contributed by atoms with Crippen molar-refractivity contribution in [3.8, 4) is 11.1 Å². The van der Waals surface area contributed by atoms with Crippen molar-refractivity contribution >= 4 is 17.6 Å². The Kier molecular flexibility index (Phi) is 5.68. The van der Waals surface area contributed by atoms with Gasteiger partial charge in [-0.05, 0) is 31.0 Å². The number of carbonyl (C=O) groups is 2. The molecule has 0 saturated carbocycles. The molecule has 24 heavy (non-hydrogen) atoms. The van der Waals surface area contributed by atoms with Crippen LogP contribution in [-0.2, 0) is 16.0 Å². The fraction of sp³-hybridized carbons (Fsp3) is 0.353. The summed E-state index contributed by atoms with van der Waals surface area (Å²) in [4.78, 5) is 23.2. The van der Waals surface area contributed by atoms with Crippen molar-refractivity contribution in [1.82, 2.24) is 15.5 Å². The standard InChI is InChI=1S/C17H21FN4O2/c1-4-14-16(12-5-7-13(18)8-6-12)17(22-21-14)20-15(24)9-10(2)19-11(3)23/h5-8,10H,4,9H2,1-3H3,(H,19,23)(H2,20,21,22,24). The molecule has 0 aliphatic rings. The second kappa shape index (κ2) is 7.72. The Morgan fingerprint density at radius 1 is 1.29 bits per heavy atom. The van der Waals surface area contributed by atoms with Gasteiger partial charge >= 0.3 is 0 Å². The second-order valence-electron chi connectivity index (χ2n) is 5.64. The van der Waals surface area contributed by atoms with E-state index < -0.39 is 0 Å². The van der Waals surface area contributed by atoms with Crippen LogP contribution in [0.3, 0.4) is 0 Å². The van der Waals surface area contributed by atoms with Crippen LogP contribution in [0.2, 0.25) is 0 Å². The monoisotopic (exact) mass is 332 g/mol. The van der Waals surface area contributed by atoms with Gasteiger partial charge in [-0.2, -0.15) is 5.10 Å². The summed E-state index contributed by atoms with van der Waals surface area (Å²) in [5.41, 5.74) is 2.37. The smallest absolute Gasteiger partial charge is 0.227 e. The highest BCUT2D eigenvalue weighted by Crippen LogP contribution is 2.30. The molecule has 0 spiro atoms. The van der Waals surface area contributed by atoms with E-state index in [0.29, 0.717) is 12.2 Å². The van der Waals surface area contributed by atoms with Crippen LogP contribution >= 0.6 is 0 Å². The van der Waals surface area contributed by atoms with E-state index in [0.717, 1.165) is 16.8 Å². The van der Waals surface area contributed by atoms with Gasteiger partial charge < -0.3 is 10.6 Å². The number of halogens is 1. The number of anilines is 1. The van der Waals surface area contributed by atoms with Gasteiger partial charge in [-0.15, -0.1) is 0 Å². The summed E-state index contributed by atoms with van der Waals surface area (Å²) in [5, 5.41) is 12.5. The Morgan fingerprint density at radius 2 is 1.96 bits per heavy atom. The third-order valence-corrected chi connectivity index (χ3v) is 3.53. The number of aryl methyl sites for hydroxylation is 1. The van der Waals surface area contributed by atoms with E-state index in [4.69, 9.17) is 0 Å². The lowest BCUT2D eigenvalue weighted by molar-refractivity contribution is -0.120. The molecule has 1 aromatic heterocycles. The first-order chi connectivity index (χ1) is 11.4. The topological polar surface area (TPSA) is 86.9 Å². The first-order valence-corrected chi connectivity index (χ1v) is 7.80. The highest BCUT2D eigenvalue weighted by atomic mass is 19.1. The van der Waals surface area contributed by atoms with Crippen molar-refractivity contribution < 1.29 is 14.0 Å². The summed E-state index contributed by atoms with van der Waals surface area (Å²) in [5.74, 6) is -0.363. The van der Waals surface area contributed by atoms with E-state index in [1.165, 1.54) is 19.1 Å². The van der Waals surface area contributed by atoms with Crippen molar-refractivity contribution in [2.45, 2.75) is 39.7 Å². The van der Waals surface area contributed by atoms with Crippen LogP contribution in [0.25, 0.3) is 11.1 Å². The van der Waals surface area contributed by atoms with E-state index >= 15 is 0 Å². The summed E-state index contributed by atoms with van der Waals surface area (Å²) in [7, 11) is 0. The van der Waals surface area contributed by atoms with Crippen LogP contribution in [-0.4, -0.2) is 28.1 Å². The Hall–Kier alpha value is -2.70. The quantitative estimate of drug-likeness (QED) is 0.760. The third-order valence-electron chi connectivity index (χ3n) is 3.53. The number of nitrogens with one attached hydrogen (secondary N) is 3. The normalized spacial score (nSPS) is 11.8. The fourth-order valence-corrected chi connectivity index (χ4v) is 2.51. The number of carbonyl (C=O) groups excluding carboxylic acids is 2. The zero-order valence-electron chi connectivity index (χ0n) is 13.9. The van der Waals surface area contributed by atoms with Gasteiger partial charge in [0, 0.05) is 30.6 Å². The van der Waals surface area contributed by atoms with E-state index in [1.54, 1.807) is 19.1 Å². The number of nitrogens with zero attached hydrogens (tertiary/aromatic N) is 1. The van der Waals surface area contributed by atoms with Crippen molar-refractivity contribution in [3.63, 3.8) is 0 Å². The summed E-state index contributed by atoms with van der Waals surface area (Å²) < 4.78 is 13.1. The summed E-state index contributed by atoms with van der Waals surface area (Å²) >= 11 is 0. The highest BCUT2D eigenvalue weighted by Gasteiger charge is 2.18. The molecular formula is C17H21FN4O2. The zero-order valence-corrected chi connectivity index (χ0v) is 13.9. The minimum absolute atomic E-state index is 0.136. The molecule has 2 aromatic rings. The van der Waals surface area contributed by atoms with E-state index in [-0.39, 0.29) is 30.1 Å². The average Bonchev–Trinajstić information content (AvgIpc) is 2.89. The zero-order chi connectivity index (χ0) is 17.7. The van der Waals surface area contributed by atoms with Gasteiger partial charge in [0.05, 0.1) is 0 Å². The van der Waals surface area contributed by atoms with E-state index in [1.807, 2.05) is 6.92 Å². The van der Waals surface area contributed by atoms with Crippen molar-refractivity contribution in [2.24, 2.45) is 0 Å². The number of hydrogen-bond acceptors (Lipinski definition) is 3. The van der Waals surface area contributed by atoms with Crippen molar-refractivity contribution in [1.29, 1.82) is 0 Å². The van der Waals surface area contributed by atoms with E-state index in [2.05, 4.69) is 20.8 Å². The Morgan fingerprint density at radius 3 is 2.54 bits per heavy atom. The number of amides is 2. The number of aromatic nitrogens is 2. The molecule has 0 fully saturated rings. The molecule has 0 radical (unpaired) electrons. The number of hydrogen-bond donors (Lipinski definition) is 3. The maximum absolute atomic E-state index is 13.1. The number of H-pyrrole nitrogens is 1. The lowest BCUT2D eigenvalue weighted by atomic mass is 10.0. The summed E-state index contributed by atoms with van der Waals surface area (Å²) in [6, 6.07) is 5.75. The molecule has 2 rings (SSSR count). The SMILES string of the molecule is CCc1[nH]nc(NC(=O)CC(C)NC(C)=O)c1-c1ccc(F)cc1. The summed E-state index contributed by atoms with van der Waals surface area (Å²) in [6.45, 7) is 5.12. The van der Waals surface area contributed by atoms with Crippen LogP contribution < -0.4 is 10.6 Å². The van der Waals surface area contributed by atoms with Gasteiger partial charge in [0.2, 0.25) is 11.8 Å². The Balaban J connectivity index is 2.19. The van der Waals surface area contributed by atoms with Crippen LogP contribution in [0.1, 0.15) is 32.9 Å². The molecule has 6 nitrogen and oxygen atoms in total. The molecular weight excluding hydrogens is 311 g/mol. The van der Waals surface area contributed by atoms with Gasteiger partial charge in [0.15, 0.2) is 5.82 Å². The lowest BCUT2D eigenvalue weighted by Gasteiger charge is -2.12. The van der Waals surface area contributed by atoms with Gasteiger partial charge in [0.1, 0.15) is 5.82 Å². The minimum Gasteiger partial charge on any atom is -0.353 e. The summed E-state index contributed by atoms with van der Waals surface area (Å²) in [6.07, 6.45) is 0.828. The fourth-order valence-electron chi connectivity index (χ4n) is 2.51. The minimum atomic E-state index is -0.324. The Labute approximate surface area is 139 Å². The average molecular weight is 332 g/mol. The molecule has 1 aromatic carbocycles. The largest absolute Gasteiger partial charge is 0.353 e. The molecule has 2 amide bonds. The molecule has 128 valence electrons. The van der Waals surface area contributed by atoms with Gasteiger partial charge in [0.25, 0.3) is 0 Å². The number of rotatable bonds is 6. The highest BCUT2D eigenvalue weighted by molar-refractivity contribution is 5.95. The molecule has 0 saturated heterocycles. The van der Waals surface area contributed by atoms with Crippen LogP contribution in [0.15, 0.2) is 24.3 Å². The van der Waals surface area contributed by atoms with E-state index in [9.17, 15) is 14.0 Å². The lowest BCUT2D eigenvalue weighted by Crippen LogP contribution is -2.33.